The summed E-state index contributed by atoms with van der Waals surface area (Å²) in [5.41, 5.74) is -2.02. The third-order valence-electron chi connectivity index (χ3n) is 6.31. The molecule has 0 aliphatic carbocycles. The van der Waals surface area contributed by atoms with E-state index in [2.05, 4.69) is 4.98 Å². The molecule has 1 aromatic heterocycles. The van der Waals surface area contributed by atoms with E-state index in [0.717, 1.165) is 6.07 Å². The van der Waals surface area contributed by atoms with Crippen LogP contribution in [0.1, 0.15) is 26.3 Å². The zero-order valence-corrected chi connectivity index (χ0v) is 23.4. The summed E-state index contributed by atoms with van der Waals surface area (Å²) in [7, 11) is 0. The molecule has 2 heterocycles. The van der Waals surface area contributed by atoms with E-state index in [1.54, 1.807) is 0 Å². The van der Waals surface area contributed by atoms with E-state index >= 15 is 0 Å². The minimum atomic E-state index is -4.62. The number of nitrogens with one attached hydrogen (secondary N) is 1. The number of aromatic carboxylic acids is 1. The molecule has 204 valence electrons. The average molecular weight is 574 g/mol. The monoisotopic (exact) mass is 574 g/mol. The molecule has 3 aromatic carbocycles. The van der Waals surface area contributed by atoms with Gasteiger partial charge in [-0.15, -0.1) is 0 Å². The van der Waals surface area contributed by atoms with Crippen molar-refractivity contribution in [2.45, 2.75) is 12.3 Å². The predicted molar refractivity (Wildman–Crippen MR) is 134 cm³/mol. The molecular formula is C28H18F3N2NaO7. The number of fused-ring (bicyclic) bond motifs is 1. The average Bonchev–Trinajstić information content (AvgIpc) is 3.31. The minimum absolute atomic E-state index is 0. The largest absolute Gasteiger partial charge is 1.00 e. The summed E-state index contributed by atoms with van der Waals surface area (Å²) in [4.78, 5) is 52.7. The smallest absolute Gasteiger partial charge is 0.545 e. The first-order valence-electron chi connectivity index (χ1n) is 11.8. The molecule has 0 radical (unpaired) electrons. The molecule has 1 N–H and O–H groups in total. The maximum absolute atomic E-state index is 13.5. The van der Waals surface area contributed by atoms with Crippen LogP contribution in [0.25, 0.3) is 22.0 Å². The van der Waals surface area contributed by atoms with Crippen LogP contribution in [0.15, 0.2) is 77.6 Å². The van der Waals surface area contributed by atoms with Gasteiger partial charge in [-0.25, -0.2) is 9.59 Å². The zero-order valence-electron chi connectivity index (χ0n) is 21.4. The van der Waals surface area contributed by atoms with Gasteiger partial charge in [0.1, 0.15) is 6.61 Å². The molecule has 5 rings (SSSR count). The van der Waals surface area contributed by atoms with Crippen LogP contribution >= 0.6 is 0 Å². The second kappa shape index (κ2) is 11.8. The Balaban J connectivity index is 0.00000387. The van der Waals surface area contributed by atoms with E-state index in [9.17, 15) is 37.5 Å². The number of hydrogen-bond donors (Lipinski definition) is 1. The topological polar surface area (TPSA) is 129 Å². The third kappa shape index (κ3) is 6.14. The number of hydrogen-bond acceptors (Lipinski definition) is 7. The number of pyridine rings is 1. The van der Waals surface area contributed by atoms with E-state index in [-0.39, 0.29) is 76.2 Å². The summed E-state index contributed by atoms with van der Waals surface area (Å²) in [5, 5.41) is 11.7. The van der Waals surface area contributed by atoms with E-state index in [1.807, 2.05) is 0 Å². The van der Waals surface area contributed by atoms with Crippen LogP contribution in [0.2, 0.25) is 0 Å². The Bertz CT molecular complexity index is 1720. The fourth-order valence-corrected chi connectivity index (χ4v) is 4.43. The van der Waals surface area contributed by atoms with E-state index in [4.69, 9.17) is 9.47 Å². The molecule has 0 unspecified atom stereocenters. The van der Waals surface area contributed by atoms with Crippen molar-refractivity contribution < 1.29 is 71.7 Å². The summed E-state index contributed by atoms with van der Waals surface area (Å²) >= 11 is 0. The van der Waals surface area contributed by atoms with Crippen molar-refractivity contribution in [1.82, 2.24) is 4.98 Å². The first kappa shape index (κ1) is 29.8. The van der Waals surface area contributed by atoms with Crippen LogP contribution in [0.3, 0.4) is 0 Å². The van der Waals surface area contributed by atoms with Gasteiger partial charge in [-0.05, 0) is 35.7 Å². The van der Waals surface area contributed by atoms with Crippen molar-refractivity contribution in [2.24, 2.45) is 0 Å². The standard InChI is InChI=1S/C28H19F3N2O7.Na/c29-28(30,31)22-8-4-3-7-20(22)23-11-15-9-10-16(12-21(15)24(34)32-23)33-13-17(40-27(33)38)14-39-26(37)19-6-2-1-5-18(19)25(35)36;/h1-12,17H,13-14H2,(H,32,34)(H,35,36);/q;+1/p-1/t17-;/m1./s1. The zero-order chi connectivity index (χ0) is 28.6. The number of halogens is 3. The number of nitrogens with zero attached hydrogens (tertiary/aromatic N) is 1. The van der Waals surface area contributed by atoms with Gasteiger partial charge in [0.2, 0.25) is 0 Å². The number of cyclic esters (lactones) is 1. The van der Waals surface area contributed by atoms with Crippen LogP contribution in [-0.4, -0.2) is 42.3 Å². The maximum atomic E-state index is 13.5. The summed E-state index contributed by atoms with van der Waals surface area (Å²) in [6.07, 6.45) is -6.28. The van der Waals surface area contributed by atoms with Crippen molar-refractivity contribution in [3.63, 3.8) is 0 Å². The van der Waals surface area contributed by atoms with Crippen LogP contribution < -0.4 is 45.1 Å². The third-order valence-corrected chi connectivity index (χ3v) is 6.31. The molecule has 1 aliphatic heterocycles. The molecule has 0 spiro atoms. The number of carboxylic acid groups (broad SMARTS) is 1. The summed E-state index contributed by atoms with van der Waals surface area (Å²) in [5.74, 6) is -2.48. The van der Waals surface area contributed by atoms with Crippen molar-refractivity contribution in [2.75, 3.05) is 18.1 Å². The molecule has 13 heteroatoms. The number of anilines is 1. The number of carboxylic acids is 1. The number of carbonyl (C=O) groups excluding carboxylic acids is 3. The quantitative estimate of drug-likeness (QED) is 0.266. The van der Waals surface area contributed by atoms with Crippen molar-refractivity contribution in [1.29, 1.82) is 0 Å². The van der Waals surface area contributed by atoms with Crippen molar-refractivity contribution >= 4 is 34.5 Å². The van der Waals surface area contributed by atoms with Gasteiger partial charge in [0.15, 0.2) is 6.10 Å². The number of aromatic nitrogens is 1. The Morgan fingerprint density at radius 1 is 1.00 bits per heavy atom. The van der Waals surface area contributed by atoms with Gasteiger partial charge >= 0.3 is 47.8 Å². The molecule has 0 bridgehead atoms. The predicted octanol–water partition coefficient (Wildman–Crippen LogP) is 0.764. The number of alkyl halides is 3. The Labute approximate surface area is 251 Å². The van der Waals surface area contributed by atoms with Gasteiger partial charge < -0.3 is 24.4 Å². The number of aromatic amines is 1. The SMILES string of the molecule is O=C([O-])c1ccccc1C(=O)OC[C@H]1CN(c2ccc3cc(-c4ccccc4C(F)(F)F)[nH]c(=O)c3c2)C(=O)O1.[Na+]. The molecule has 1 fully saturated rings. The number of amides is 1. The van der Waals surface area contributed by atoms with Gasteiger partial charge in [0.25, 0.3) is 5.56 Å². The Morgan fingerprint density at radius 3 is 2.39 bits per heavy atom. The van der Waals surface area contributed by atoms with Crippen LogP contribution in [0.5, 0.6) is 0 Å². The molecule has 1 aliphatic rings. The second-order valence-electron chi connectivity index (χ2n) is 8.87. The van der Waals surface area contributed by atoms with Gasteiger partial charge in [-0.2, -0.15) is 13.2 Å². The van der Waals surface area contributed by atoms with E-state index in [0.29, 0.717) is 5.39 Å². The molecule has 1 atom stereocenters. The molecule has 9 nitrogen and oxygen atoms in total. The Kier molecular flexibility index (Phi) is 8.57. The number of benzene rings is 3. The summed E-state index contributed by atoms with van der Waals surface area (Å²) in [6, 6.07) is 16.1. The maximum Gasteiger partial charge on any atom is 1.00 e. The fourth-order valence-electron chi connectivity index (χ4n) is 4.43. The minimum Gasteiger partial charge on any atom is -0.545 e. The Hall–Kier alpha value is -4.13. The van der Waals surface area contributed by atoms with Crippen LogP contribution in [-0.2, 0) is 15.7 Å². The summed E-state index contributed by atoms with van der Waals surface area (Å²) in [6.45, 7) is -0.409. The van der Waals surface area contributed by atoms with E-state index < -0.39 is 41.4 Å². The normalized spacial score (nSPS) is 14.9. The second-order valence-corrected chi connectivity index (χ2v) is 8.87. The molecule has 4 aromatic rings. The van der Waals surface area contributed by atoms with Crippen molar-refractivity contribution in [3.8, 4) is 11.3 Å². The molecular weight excluding hydrogens is 556 g/mol. The van der Waals surface area contributed by atoms with Crippen molar-refractivity contribution in [3.05, 3.63) is 99.8 Å². The molecule has 1 amide bonds. The summed E-state index contributed by atoms with van der Waals surface area (Å²) < 4.78 is 50.8. The number of esters is 1. The van der Waals surface area contributed by atoms with Gasteiger partial charge in [0.05, 0.1) is 23.6 Å². The molecule has 0 saturated carbocycles. The van der Waals surface area contributed by atoms with Gasteiger partial charge in [-0.1, -0.05) is 42.5 Å². The number of carbonyl (C=O) groups is 3. The van der Waals surface area contributed by atoms with Crippen LogP contribution in [0.4, 0.5) is 23.7 Å². The first-order chi connectivity index (χ1) is 19.0. The Morgan fingerprint density at radius 2 is 1.68 bits per heavy atom. The van der Waals surface area contributed by atoms with Gasteiger partial charge in [0, 0.05) is 27.9 Å². The fraction of sp³-hybridized carbons (Fsp3) is 0.143. The van der Waals surface area contributed by atoms with Crippen LogP contribution in [0, 0.1) is 0 Å². The van der Waals surface area contributed by atoms with Gasteiger partial charge in [-0.3, -0.25) is 9.69 Å². The number of rotatable bonds is 6. The van der Waals surface area contributed by atoms with E-state index in [1.165, 1.54) is 71.6 Å². The number of H-pyrrole nitrogens is 1. The molecule has 41 heavy (non-hydrogen) atoms. The number of ether oxygens (including phenoxy) is 2. The first-order valence-corrected chi connectivity index (χ1v) is 11.8. The molecule has 1 saturated heterocycles.